The van der Waals surface area contributed by atoms with E-state index in [2.05, 4.69) is 20.5 Å². The zero-order valence-electron chi connectivity index (χ0n) is 11.4. The Hall–Kier alpha value is -1.92. The normalized spacial score (nSPS) is 14.2. The summed E-state index contributed by atoms with van der Waals surface area (Å²) in [6, 6.07) is 0. The molecule has 0 spiro atoms. The lowest BCUT2D eigenvalue weighted by molar-refractivity contribution is -0.137. The van der Waals surface area contributed by atoms with Gasteiger partial charge < -0.3 is 10.4 Å². The van der Waals surface area contributed by atoms with Crippen molar-refractivity contribution >= 4 is 11.9 Å². The van der Waals surface area contributed by atoms with E-state index >= 15 is 0 Å². The first-order chi connectivity index (χ1) is 9.66. The number of unbranched alkanes of at least 4 members (excludes halogenated alkanes) is 3. The number of carboxylic acid groups (broad SMARTS) is 1. The molecule has 1 heterocycles. The predicted molar refractivity (Wildman–Crippen MR) is 71.4 cm³/mol. The average molecular weight is 280 g/mol. The molecule has 1 aromatic heterocycles. The van der Waals surface area contributed by atoms with Crippen molar-refractivity contribution < 1.29 is 14.7 Å². The molecule has 0 bridgehead atoms. The summed E-state index contributed by atoms with van der Waals surface area (Å²) in [6.07, 6.45) is 5.76. The fourth-order valence-electron chi connectivity index (χ4n) is 1.95. The molecule has 3 N–H and O–H groups in total. The molecule has 1 aromatic rings. The average Bonchev–Trinajstić information content (AvgIpc) is 3.14. The number of carbonyl (C=O) groups excluding carboxylic acids is 1. The number of aliphatic carboxylic acids is 1. The molecule has 1 aliphatic carbocycles. The SMILES string of the molecule is O=C(O)CCCCCCNC(=O)c1n[nH]c(C2CC2)n1. The molecule has 7 nitrogen and oxygen atoms in total. The molecule has 1 fully saturated rings. The number of nitrogens with one attached hydrogen (secondary N) is 2. The molecule has 1 saturated carbocycles. The lowest BCUT2D eigenvalue weighted by Crippen LogP contribution is -2.25. The number of hydrogen-bond donors (Lipinski definition) is 3. The highest BCUT2D eigenvalue weighted by atomic mass is 16.4. The standard InChI is InChI=1S/C13H20N4O3/c18-10(19)5-3-1-2-4-8-14-13(20)12-15-11(16-17-12)9-6-7-9/h9H,1-8H2,(H,14,20)(H,18,19)(H,15,16,17). The lowest BCUT2D eigenvalue weighted by Gasteiger charge is -2.02. The van der Waals surface area contributed by atoms with Gasteiger partial charge in [-0.2, -0.15) is 0 Å². The first-order valence-electron chi connectivity index (χ1n) is 7.09. The monoisotopic (exact) mass is 280 g/mol. The number of carboxylic acids is 1. The molecule has 0 aromatic carbocycles. The van der Waals surface area contributed by atoms with Crippen LogP contribution >= 0.6 is 0 Å². The summed E-state index contributed by atoms with van der Waals surface area (Å²) >= 11 is 0. The van der Waals surface area contributed by atoms with Crippen LogP contribution < -0.4 is 5.32 Å². The summed E-state index contributed by atoms with van der Waals surface area (Å²) in [5, 5.41) is 18.0. The third-order valence-electron chi connectivity index (χ3n) is 3.27. The van der Waals surface area contributed by atoms with Crippen LogP contribution in [0.5, 0.6) is 0 Å². The number of aromatic nitrogens is 3. The maximum atomic E-state index is 11.7. The van der Waals surface area contributed by atoms with Crippen molar-refractivity contribution in [1.29, 1.82) is 0 Å². The van der Waals surface area contributed by atoms with Crippen LogP contribution in [0.4, 0.5) is 0 Å². The quantitative estimate of drug-likeness (QED) is 0.593. The second kappa shape index (κ2) is 7.02. The number of carbonyl (C=O) groups is 2. The molecule has 20 heavy (non-hydrogen) atoms. The first kappa shape index (κ1) is 14.5. The second-order valence-corrected chi connectivity index (χ2v) is 5.13. The van der Waals surface area contributed by atoms with Crippen molar-refractivity contribution in [3.8, 4) is 0 Å². The Bertz CT molecular complexity index is 468. The molecular weight excluding hydrogens is 260 g/mol. The smallest absolute Gasteiger partial charge is 0.303 e. The second-order valence-electron chi connectivity index (χ2n) is 5.13. The van der Waals surface area contributed by atoms with Crippen LogP contribution in [0.25, 0.3) is 0 Å². The zero-order chi connectivity index (χ0) is 14.4. The van der Waals surface area contributed by atoms with Gasteiger partial charge in [0.1, 0.15) is 5.82 Å². The van der Waals surface area contributed by atoms with E-state index in [1.165, 1.54) is 0 Å². The first-order valence-corrected chi connectivity index (χ1v) is 7.09. The van der Waals surface area contributed by atoms with E-state index in [9.17, 15) is 9.59 Å². The number of H-pyrrole nitrogens is 1. The minimum absolute atomic E-state index is 0.206. The third kappa shape index (κ3) is 4.64. The van der Waals surface area contributed by atoms with E-state index in [4.69, 9.17) is 5.11 Å². The number of hydrogen-bond acceptors (Lipinski definition) is 4. The van der Waals surface area contributed by atoms with Crippen LogP contribution in [0, 0.1) is 0 Å². The minimum atomic E-state index is -0.755. The van der Waals surface area contributed by atoms with Gasteiger partial charge in [0.15, 0.2) is 0 Å². The van der Waals surface area contributed by atoms with Crippen molar-refractivity contribution in [3.05, 3.63) is 11.6 Å². The number of aromatic amines is 1. The van der Waals surface area contributed by atoms with Gasteiger partial charge in [-0.3, -0.25) is 14.7 Å². The molecule has 0 unspecified atom stereocenters. The molecule has 0 atom stereocenters. The molecule has 110 valence electrons. The fraction of sp³-hybridized carbons (Fsp3) is 0.692. The Balaban J connectivity index is 1.56. The minimum Gasteiger partial charge on any atom is -0.481 e. The molecule has 1 aliphatic rings. The Morgan fingerprint density at radius 2 is 2.00 bits per heavy atom. The van der Waals surface area contributed by atoms with Gasteiger partial charge >= 0.3 is 5.97 Å². The number of amides is 1. The van der Waals surface area contributed by atoms with E-state index in [1.807, 2.05) is 0 Å². The van der Waals surface area contributed by atoms with Crippen LogP contribution in [-0.4, -0.2) is 38.7 Å². The van der Waals surface area contributed by atoms with Crippen molar-refractivity contribution in [2.24, 2.45) is 0 Å². The van der Waals surface area contributed by atoms with Crippen molar-refractivity contribution in [2.75, 3.05) is 6.54 Å². The summed E-state index contributed by atoms with van der Waals surface area (Å²) in [5.74, 6) is 0.466. The van der Waals surface area contributed by atoms with Gasteiger partial charge in [0.2, 0.25) is 5.82 Å². The number of nitrogens with zero attached hydrogens (tertiary/aromatic N) is 2. The van der Waals surface area contributed by atoms with E-state index in [0.717, 1.165) is 37.9 Å². The Morgan fingerprint density at radius 1 is 1.25 bits per heavy atom. The molecular formula is C13H20N4O3. The number of rotatable bonds is 9. The summed E-state index contributed by atoms with van der Waals surface area (Å²) < 4.78 is 0. The lowest BCUT2D eigenvalue weighted by atomic mass is 10.1. The van der Waals surface area contributed by atoms with Crippen molar-refractivity contribution in [3.63, 3.8) is 0 Å². The molecule has 0 radical (unpaired) electrons. The van der Waals surface area contributed by atoms with E-state index < -0.39 is 5.97 Å². The summed E-state index contributed by atoms with van der Waals surface area (Å²) in [4.78, 5) is 26.2. The van der Waals surface area contributed by atoms with Gasteiger partial charge in [-0.1, -0.05) is 12.8 Å². The maximum absolute atomic E-state index is 11.7. The summed E-state index contributed by atoms with van der Waals surface area (Å²) in [5.41, 5.74) is 0. The summed E-state index contributed by atoms with van der Waals surface area (Å²) in [6.45, 7) is 0.569. The van der Waals surface area contributed by atoms with Gasteiger partial charge in [0.05, 0.1) is 0 Å². The Kier molecular flexibility index (Phi) is 5.09. The Labute approximate surface area is 117 Å². The summed E-state index contributed by atoms with van der Waals surface area (Å²) in [7, 11) is 0. The van der Waals surface area contributed by atoms with E-state index in [0.29, 0.717) is 18.9 Å². The highest BCUT2D eigenvalue weighted by molar-refractivity contribution is 5.90. The zero-order valence-corrected chi connectivity index (χ0v) is 11.4. The third-order valence-corrected chi connectivity index (χ3v) is 3.27. The molecule has 0 saturated heterocycles. The molecule has 2 rings (SSSR count). The highest BCUT2D eigenvalue weighted by Crippen LogP contribution is 2.37. The van der Waals surface area contributed by atoms with E-state index in [-0.39, 0.29) is 18.2 Å². The van der Waals surface area contributed by atoms with Gasteiger partial charge in [0, 0.05) is 18.9 Å². The van der Waals surface area contributed by atoms with Crippen molar-refractivity contribution in [2.45, 2.75) is 50.9 Å². The van der Waals surface area contributed by atoms with E-state index in [1.54, 1.807) is 0 Å². The van der Waals surface area contributed by atoms with Gasteiger partial charge in [-0.25, -0.2) is 4.98 Å². The predicted octanol–water partition coefficient (Wildman–Crippen LogP) is 1.45. The largest absolute Gasteiger partial charge is 0.481 e. The topological polar surface area (TPSA) is 108 Å². The maximum Gasteiger partial charge on any atom is 0.303 e. The highest BCUT2D eigenvalue weighted by Gasteiger charge is 2.28. The van der Waals surface area contributed by atoms with Crippen LogP contribution in [0.2, 0.25) is 0 Å². The molecule has 1 amide bonds. The van der Waals surface area contributed by atoms with Gasteiger partial charge in [-0.05, 0) is 25.7 Å². The van der Waals surface area contributed by atoms with Crippen molar-refractivity contribution in [1.82, 2.24) is 20.5 Å². The molecule has 0 aliphatic heterocycles. The van der Waals surface area contributed by atoms with Crippen LogP contribution in [0.15, 0.2) is 0 Å². The van der Waals surface area contributed by atoms with Crippen LogP contribution in [0.3, 0.4) is 0 Å². The van der Waals surface area contributed by atoms with Crippen LogP contribution in [0.1, 0.15) is 67.3 Å². The van der Waals surface area contributed by atoms with Gasteiger partial charge in [0.25, 0.3) is 5.91 Å². The molecule has 7 heteroatoms. The Morgan fingerprint density at radius 3 is 2.70 bits per heavy atom. The fourth-order valence-corrected chi connectivity index (χ4v) is 1.95. The van der Waals surface area contributed by atoms with Crippen LogP contribution in [-0.2, 0) is 4.79 Å². The van der Waals surface area contributed by atoms with Gasteiger partial charge in [-0.15, -0.1) is 5.10 Å².